The van der Waals surface area contributed by atoms with Crippen molar-refractivity contribution in [3.8, 4) is 23.0 Å². The molecule has 0 aliphatic carbocycles. The second kappa shape index (κ2) is 6.61. The predicted octanol–water partition coefficient (Wildman–Crippen LogP) is 3.54. The van der Waals surface area contributed by atoms with Gasteiger partial charge in [0.25, 0.3) is 5.89 Å². The standard InChI is InChI=1S/C19H13F2N5O2/c20-12-7-5-11(6-8-12)16-9-26-15(10-27-16)17(23-25-26)19-22-18(24-28-19)13-3-1-2-4-14(13)21/h1-8,16H,9-10H2/t16-/m0/s1. The second-order valence-electron chi connectivity index (χ2n) is 6.32. The van der Waals surface area contributed by atoms with Crippen molar-refractivity contribution in [1.29, 1.82) is 0 Å². The Kier molecular flexibility index (Phi) is 3.94. The summed E-state index contributed by atoms with van der Waals surface area (Å²) < 4.78 is 39.9. The molecule has 1 aliphatic heterocycles. The molecule has 2 aromatic carbocycles. The van der Waals surface area contributed by atoms with Crippen molar-refractivity contribution in [2.75, 3.05) is 0 Å². The van der Waals surface area contributed by atoms with Crippen molar-refractivity contribution in [2.45, 2.75) is 19.3 Å². The Bertz CT molecular complexity index is 1140. The molecule has 0 spiro atoms. The zero-order chi connectivity index (χ0) is 19.1. The monoisotopic (exact) mass is 381 g/mol. The highest BCUT2D eigenvalue weighted by Crippen LogP contribution is 2.31. The molecule has 5 rings (SSSR count). The van der Waals surface area contributed by atoms with Crippen LogP contribution in [0.25, 0.3) is 23.0 Å². The summed E-state index contributed by atoms with van der Waals surface area (Å²) in [5, 5.41) is 12.1. The lowest BCUT2D eigenvalue weighted by Crippen LogP contribution is -2.22. The lowest BCUT2D eigenvalue weighted by atomic mass is 10.1. The lowest BCUT2D eigenvalue weighted by Gasteiger charge is -2.24. The van der Waals surface area contributed by atoms with E-state index in [1.807, 2.05) is 0 Å². The minimum absolute atomic E-state index is 0.135. The highest BCUT2D eigenvalue weighted by molar-refractivity contribution is 5.59. The van der Waals surface area contributed by atoms with Crippen LogP contribution in [0.3, 0.4) is 0 Å². The molecule has 0 saturated carbocycles. The Balaban J connectivity index is 1.43. The Morgan fingerprint density at radius 2 is 1.86 bits per heavy atom. The number of hydrogen-bond donors (Lipinski definition) is 0. The zero-order valence-electron chi connectivity index (χ0n) is 14.4. The molecular weight excluding hydrogens is 368 g/mol. The van der Waals surface area contributed by atoms with Gasteiger partial charge in [0.15, 0.2) is 5.69 Å². The van der Waals surface area contributed by atoms with E-state index in [0.29, 0.717) is 17.9 Å². The van der Waals surface area contributed by atoms with Crippen LogP contribution in [0.4, 0.5) is 8.78 Å². The van der Waals surface area contributed by atoms with Crippen LogP contribution in [0.1, 0.15) is 17.4 Å². The van der Waals surface area contributed by atoms with Gasteiger partial charge in [-0.05, 0) is 29.8 Å². The summed E-state index contributed by atoms with van der Waals surface area (Å²) >= 11 is 0. The van der Waals surface area contributed by atoms with Crippen molar-refractivity contribution >= 4 is 0 Å². The summed E-state index contributed by atoms with van der Waals surface area (Å²) in [6.07, 6.45) is -0.265. The fourth-order valence-electron chi connectivity index (χ4n) is 3.13. The summed E-state index contributed by atoms with van der Waals surface area (Å²) in [7, 11) is 0. The van der Waals surface area contributed by atoms with E-state index in [-0.39, 0.29) is 35.8 Å². The van der Waals surface area contributed by atoms with Gasteiger partial charge in [-0.3, -0.25) is 0 Å². The van der Waals surface area contributed by atoms with Gasteiger partial charge in [0, 0.05) is 0 Å². The Morgan fingerprint density at radius 3 is 2.68 bits per heavy atom. The number of benzene rings is 2. The fourth-order valence-corrected chi connectivity index (χ4v) is 3.13. The first-order valence-electron chi connectivity index (χ1n) is 8.57. The molecule has 2 aromatic heterocycles. The van der Waals surface area contributed by atoms with E-state index < -0.39 is 5.82 Å². The first-order chi connectivity index (χ1) is 13.7. The topological polar surface area (TPSA) is 78.9 Å². The van der Waals surface area contributed by atoms with Crippen LogP contribution in [0.2, 0.25) is 0 Å². The van der Waals surface area contributed by atoms with Crippen LogP contribution in [-0.4, -0.2) is 25.1 Å². The van der Waals surface area contributed by atoms with Gasteiger partial charge in [-0.15, -0.1) is 5.10 Å². The summed E-state index contributed by atoms with van der Waals surface area (Å²) in [6, 6.07) is 12.3. The second-order valence-corrected chi connectivity index (χ2v) is 6.32. The van der Waals surface area contributed by atoms with Gasteiger partial charge in [-0.25, -0.2) is 13.5 Å². The van der Waals surface area contributed by atoms with E-state index in [4.69, 9.17) is 9.26 Å². The van der Waals surface area contributed by atoms with Gasteiger partial charge in [-0.2, -0.15) is 4.98 Å². The van der Waals surface area contributed by atoms with E-state index in [2.05, 4.69) is 20.5 Å². The van der Waals surface area contributed by atoms with Crippen molar-refractivity contribution < 1.29 is 18.0 Å². The summed E-state index contributed by atoms with van der Waals surface area (Å²) in [5.41, 5.74) is 2.17. The molecule has 140 valence electrons. The van der Waals surface area contributed by atoms with E-state index in [9.17, 15) is 8.78 Å². The normalized spacial score (nSPS) is 16.1. The van der Waals surface area contributed by atoms with Crippen LogP contribution in [0, 0.1) is 11.6 Å². The molecule has 0 unspecified atom stereocenters. The maximum Gasteiger partial charge on any atom is 0.280 e. The van der Waals surface area contributed by atoms with Crippen molar-refractivity contribution in [3.63, 3.8) is 0 Å². The quantitative estimate of drug-likeness (QED) is 0.540. The van der Waals surface area contributed by atoms with Gasteiger partial charge in [-0.1, -0.05) is 34.6 Å². The Labute approximate surface area is 157 Å². The molecule has 0 radical (unpaired) electrons. The number of ether oxygens (including phenoxy) is 1. The third-order valence-electron chi connectivity index (χ3n) is 4.58. The number of aromatic nitrogens is 5. The maximum atomic E-state index is 13.9. The molecule has 1 atom stereocenters. The predicted molar refractivity (Wildman–Crippen MR) is 92.6 cm³/mol. The van der Waals surface area contributed by atoms with Crippen LogP contribution in [-0.2, 0) is 17.9 Å². The summed E-state index contributed by atoms with van der Waals surface area (Å²) in [4.78, 5) is 4.25. The molecule has 9 heteroatoms. The van der Waals surface area contributed by atoms with Crippen LogP contribution in [0.15, 0.2) is 53.1 Å². The van der Waals surface area contributed by atoms with Crippen molar-refractivity contribution in [3.05, 3.63) is 71.4 Å². The number of halogens is 2. The molecule has 7 nitrogen and oxygen atoms in total. The molecule has 0 amide bonds. The third-order valence-corrected chi connectivity index (χ3v) is 4.58. The number of rotatable bonds is 3. The molecule has 4 aromatic rings. The van der Waals surface area contributed by atoms with Gasteiger partial charge >= 0.3 is 0 Å². The minimum atomic E-state index is -0.440. The van der Waals surface area contributed by atoms with Crippen LogP contribution >= 0.6 is 0 Å². The lowest BCUT2D eigenvalue weighted by molar-refractivity contribution is -0.00120. The molecule has 28 heavy (non-hydrogen) atoms. The van der Waals surface area contributed by atoms with Gasteiger partial charge in [0.1, 0.15) is 17.7 Å². The summed E-state index contributed by atoms with van der Waals surface area (Å²) in [6.45, 7) is 0.643. The van der Waals surface area contributed by atoms with Crippen LogP contribution in [0.5, 0.6) is 0 Å². The smallest absolute Gasteiger partial charge is 0.280 e. The molecular formula is C19H13F2N5O2. The van der Waals surface area contributed by atoms with Crippen LogP contribution < -0.4 is 0 Å². The number of nitrogens with zero attached hydrogens (tertiary/aromatic N) is 5. The Morgan fingerprint density at radius 1 is 1.04 bits per heavy atom. The third kappa shape index (κ3) is 2.85. The van der Waals surface area contributed by atoms with E-state index in [1.165, 1.54) is 18.2 Å². The average molecular weight is 381 g/mol. The maximum absolute atomic E-state index is 13.9. The van der Waals surface area contributed by atoms with E-state index >= 15 is 0 Å². The number of fused-ring (bicyclic) bond motifs is 1. The fraction of sp³-hybridized carbons (Fsp3) is 0.158. The SMILES string of the molecule is Fc1ccc([C@@H]2Cn3nnc(-c4nc(-c5ccccc5F)no4)c3CO2)cc1. The first-order valence-corrected chi connectivity index (χ1v) is 8.57. The van der Waals surface area contributed by atoms with Gasteiger partial charge in [0.2, 0.25) is 5.82 Å². The van der Waals surface area contributed by atoms with E-state index in [1.54, 1.807) is 35.0 Å². The molecule has 1 aliphatic rings. The van der Waals surface area contributed by atoms with E-state index in [0.717, 1.165) is 5.56 Å². The molecule has 0 fully saturated rings. The van der Waals surface area contributed by atoms with Gasteiger partial charge in [0.05, 0.1) is 24.4 Å². The highest BCUT2D eigenvalue weighted by atomic mass is 19.1. The highest BCUT2D eigenvalue weighted by Gasteiger charge is 2.28. The summed E-state index contributed by atoms with van der Waals surface area (Å²) in [5.74, 6) is -0.463. The number of hydrogen-bond acceptors (Lipinski definition) is 6. The first kappa shape index (κ1) is 16.7. The molecule has 0 bridgehead atoms. The molecule has 3 heterocycles. The molecule has 0 saturated heterocycles. The average Bonchev–Trinajstić information content (AvgIpc) is 3.35. The van der Waals surface area contributed by atoms with Gasteiger partial charge < -0.3 is 9.26 Å². The largest absolute Gasteiger partial charge is 0.365 e. The minimum Gasteiger partial charge on any atom is -0.365 e. The van der Waals surface area contributed by atoms with Crippen molar-refractivity contribution in [2.24, 2.45) is 0 Å². The van der Waals surface area contributed by atoms with Crippen molar-refractivity contribution in [1.82, 2.24) is 25.1 Å². The Hall–Kier alpha value is -3.46. The molecule has 0 N–H and O–H groups in total. The zero-order valence-corrected chi connectivity index (χ0v) is 14.4.